The molecule has 3 heterocycles. The molecule has 0 unspecified atom stereocenters. The Hall–Kier alpha value is -3.29. The highest BCUT2D eigenvalue weighted by atomic mass is 16.5. The molecule has 2 aliphatic rings. The smallest absolute Gasteiger partial charge is 0.320 e. The van der Waals surface area contributed by atoms with Crippen molar-refractivity contribution in [2.45, 2.75) is 51.5 Å². The van der Waals surface area contributed by atoms with Crippen LogP contribution in [-0.4, -0.2) is 64.1 Å². The first kappa shape index (κ1) is 22.9. The lowest BCUT2D eigenvalue weighted by molar-refractivity contribution is -0.118. The van der Waals surface area contributed by atoms with E-state index in [9.17, 15) is 14.4 Å². The fraction of sp³-hybridized carbons (Fsp3) is 0.480. The van der Waals surface area contributed by atoms with E-state index in [2.05, 4.69) is 9.97 Å². The maximum Gasteiger partial charge on any atom is 0.320 e. The van der Waals surface area contributed by atoms with Gasteiger partial charge < -0.3 is 14.5 Å². The molecule has 2 aromatic heterocycles. The van der Waals surface area contributed by atoms with Crippen molar-refractivity contribution in [3.63, 3.8) is 0 Å². The zero-order valence-electron chi connectivity index (χ0n) is 19.2. The second-order valence-electron chi connectivity index (χ2n) is 8.70. The lowest BCUT2D eigenvalue weighted by atomic mass is 9.95. The number of nitrogens with zero attached hydrogens (tertiary/aromatic N) is 4. The van der Waals surface area contributed by atoms with Crippen LogP contribution in [0, 0.1) is 0 Å². The fourth-order valence-corrected chi connectivity index (χ4v) is 4.59. The number of Topliss-reactive ketones (excluding diaryl/α,β-unsaturated/α-hetero) is 2. The van der Waals surface area contributed by atoms with E-state index in [1.165, 1.54) is 26.0 Å². The van der Waals surface area contributed by atoms with Gasteiger partial charge in [0, 0.05) is 50.4 Å². The molecule has 8 nitrogen and oxygen atoms in total. The molecule has 1 aliphatic carbocycles. The van der Waals surface area contributed by atoms with Gasteiger partial charge in [0.05, 0.1) is 13.2 Å². The maximum atomic E-state index is 13.1. The predicted octanol–water partition coefficient (Wildman–Crippen LogP) is 3.39. The van der Waals surface area contributed by atoms with Crippen LogP contribution in [0.3, 0.4) is 0 Å². The Morgan fingerprint density at radius 1 is 1.12 bits per heavy atom. The third kappa shape index (κ3) is 5.21. The molecule has 4 rings (SSSR count). The third-order valence-corrected chi connectivity index (χ3v) is 6.41. The van der Waals surface area contributed by atoms with Crippen LogP contribution in [-0.2, 0) is 17.6 Å². The van der Waals surface area contributed by atoms with E-state index >= 15 is 0 Å². The largest absolute Gasteiger partial charge is 0.481 e. The van der Waals surface area contributed by atoms with Crippen molar-refractivity contribution in [1.82, 2.24) is 19.8 Å². The van der Waals surface area contributed by atoms with E-state index in [-0.39, 0.29) is 30.4 Å². The molecule has 0 radical (unpaired) electrons. The zero-order valence-corrected chi connectivity index (χ0v) is 19.2. The zero-order chi connectivity index (χ0) is 23.4. The monoisotopic (exact) mass is 450 g/mol. The SMILES string of the molecule is COc1ccc([C@H](CC(C)=O)N2CCN(CCC(=O)c3ccc4c(n3)CCCC4)C2=O)cn1. The van der Waals surface area contributed by atoms with Gasteiger partial charge in [0.2, 0.25) is 5.88 Å². The Morgan fingerprint density at radius 3 is 2.67 bits per heavy atom. The highest BCUT2D eigenvalue weighted by molar-refractivity contribution is 5.94. The number of hydrogen-bond donors (Lipinski definition) is 0. The molecule has 2 amide bonds. The molecular weight excluding hydrogens is 420 g/mol. The highest BCUT2D eigenvalue weighted by Crippen LogP contribution is 2.29. The number of amides is 2. The van der Waals surface area contributed by atoms with Crippen LogP contribution < -0.4 is 4.74 Å². The second kappa shape index (κ2) is 10.1. The molecule has 1 saturated heterocycles. The summed E-state index contributed by atoms with van der Waals surface area (Å²) in [7, 11) is 1.54. The molecular formula is C25H30N4O4. The number of methoxy groups -OCH3 is 1. The summed E-state index contributed by atoms with van der Waals surface area (Å²) in [6.45, 7) is 2.86. The van der Waals surface area contributed by atoms with Crippen LogP contribution in [0.15, 0.2) is 30.5 Å². The topological polar surface area (TPSA) is 92.7 Å². The lowest BCUT2D eigenvalue weighted by Crippen LogP contribution is -2.36. The Labute approximate surface area is 194 Å². The van der Waals surface area contributed by atoms with Gasteiger partial charge in [-0.3, -0.25) is 9.59 Å². The predicted molar refractivity (Wildman–Crippen MR) is 122 cm³/mol. The van der Waals surface area contributed by atoms with Crippen molar-refractivity contribution in [2.24, 2.45) is 0 Å². The van der Waals surface area contributed by atoms with Crippen LogP contribution in [0.5, 0.6) is 5.88 Å². The van der Waals surface area contributed by atoms with Gasteiger partial charge in [-0.05, 0) is 49.8 Å². The Balaban J connectivity index is 1.40. The molecule has 174 valence electrons. The van der Waals surface area contributed by atoms with Crippen molar-refractivity contribution in [1.29, 1.82) is 0 Å². The average Bonchev–Trinajstić information content (AvgIpc) is 3.20. The third-order valence-electron chi connectivity index (χ3n) is 6.41. The van der Waals surface area contributed by atoms with Gasteiger partial charge in [-0.25, -0.2) is 14.8 Å². The summed E-state index contributed by atoms with van der Waals surface area (Å²) in [5.74, 6) is 0.425. The number of aryl methyl sites for hydroxylation is 2. The van der Waals surface area contributed by atoms with Crippen LogP contribution in [0.1, 0.15) is 66.0 Å². The molecule has 0 bridgehead atoms. The first-order valence-electron chi connectivity index (χ1n) is 11.5. The Morgan fingerprint density at radius 2 is 1.94 bits per heavy atom. The fourth-order valence-electron chi connectivity index (χ4n) is 4.59. The normalized spacial score (nSPS) is 16.5. The van der Waals surface area contributed by atoms with E-state index in [1.54, 1.807) is 22.1 Å². The molecule has 0 aromatic carbocycles. The number of hydrogen-bond acceptors (Lipinski definition) is 6. The van der Waals surface area contributed by atoms with Gasteiger partial charge >= 0.3 is 6.03 Å². The number of fused-ring (bicyclic) bond motifs is 1. The maximum absolute atomic E-state index is 13.1. The number of carbonyl (C=O) groups excluding carboxylic acids is 3. The number of ketones is 2. The number of carbonyl (C=O) groups is 3. The van der Waals surface area contributed by atoms with Crippen LogP contribution in [0.4, 0.5) is 4.79 Å². The minimum Gasteiger partial charge on any atom is -0.481 e. The molecule has 33 heavy (non-hydrogen) atoms. The second-order valence-corrected chi connectivity index (χ2v) is 8.70. The number of urea groups is 1. The van der Waals surface area contributed by atoms with E-state index in [0.717, 1.165) is 30.5 Å². The minimum atomic E-state index is -0.392. The number of pyridine rings is 2. The van der Waals surface area contributed by atoms with Crippen molar-refractivity contribution in [3.8, 4) is 5.88 Å². The molecule has 1 fully saturated rings. The van der Waals surface area contributed by atoms with Crippen molar-refractivity contribution in [2.75, 3.05) is 26.7 Å². The average molecular weight is 451 g/mol. The van der Waals surface area contributed by atoms with Gasteiger partial charge in [0.1, 0.15) is 11.5 Å². The van der Waals surface area contributed by atoms with Crippen LogP contribution in [0.25, 0.3) is 0 Å². The number of rotatable bonds is 9. The van der Waals surface area contributed by atoms with Gasteiger partial charge in [-0.2, -0.15) is 0 Å². The summed E-state index contributed by atoms with van der Waals surface area (Å²) in [5.41, 5.74) is 3.55. The van der Waals surface area contributed by atoms with Crippen LogP contribution in [0.2, 0.25) is 0 Å². The van der Waals surface area contributed by atoms with Gasteiger partial charge in [-0.15, -0.1) is 0 Å². The molecule has 0 saturated carbocycles. The number of aromatic nitrogens is 2. The van der Waals surface area contributed by atoms with E-state index in [1.807, 2.05) is 18.2 Å². The summed E-state index contributed by atoms with van der Waals surface area (Å²) in [6.07, 6.45) is 6.33. The molecule has 0 N–H and O–H groups in total. The molecule has 1 atom stereocenters. The lowest BCUT2D eigenvalue weighted by Gasteiger charge is -2.27. The molecule has 1 aliphatic heterocycles. The summed E-state index contributed by atoms with van der Waals surface area (Å²) in [4.78, 5) is 50.0. The first-order chi connectivity index (χ1) is 16.0. The molecule has 2 aromatic rings. The molecule has 0 spiro atoms. The van der Waals surface area contributed by atoms with Crippen molar-refractivity contribution < 1.29 is 19.1 Å². The Bertz CT molecular complexity index is 1040. The van der Waals surface area contributed by atoms with Crippen LogP contribution >= 0.6 is 0 Å². The van der Waals surface area contributed by atoms with E-state index in [4.69, 9.17) is 4.74 Å². The van der Waals surface area contributed by atoms with Crippen molar-refractivity contribution >= 4 is 17.6 Å². The first-order valence-corrected chi connectivity index (χ1v) is 11.5. The summed E-state index contributed by atoms with van der Waals surface area (Å²) in [6, 6.07) is 6.84. The van der Waals surface area contributed by atoms with Crippen molar-refractivity contribution in [3.05, 3.63) is 53.0 Å². The standard InChI is InChI=1S/C25H30N4O4/c1-17(30)15-22(19-8-10-24(33-2)26-16-19)29-14-13-28(25(29)32)12-11-23(31)21-9-7-18-5-3-4-6-20(18)27-21/h7-10,16,22H,3-6,11-15H2,1-2H3/t22-/m0/s1. The minimum absolute atomic E-state index is 0.00395. The number of ether oxygens (including phenoxy) is 1. The summed E-state index contributed by atoms with van der Waals surface area (Å²) in [5, 5.41) is 0. The van der Waals surface area contributed by atoms with E-state index in [0.29, 0.717) is 31.2 Å². The van der Waals surface area contributed by atoms with Gasteiger partial charge in [0.15, 0.2) is 5.78 Å². The highest BCUT2D eigenvalue weighted by Gasteiger charge is 2.35. The summed E-state index contributed by atoms with van der Waals surface area (Å²) >= 11 is 0. The molecule has 8 heteroatoms. The van der Waals surface area contributed by atoms with Gasteiger partial charge in [0.25, 0.3) is 0 Å². The summed E-state index contributed by atoms with van der Waals surface area (Å²) < 4.78 is 5.11. The quantitative estimate of drug-likeness (QED) is 0.544. The van der Waals surface area contributed by atoms with Gasteiger partial charge in [-0.1, -0.05) is 12.1 Å². The Kier molecular flexibility index (Phi) is 7.01. The van der Waals surface area contributed by atoms with E-state index < -0.39 is 6.04 Å².